The first-order valence-corrected chi connectivity index (χ1v) is 9.65. The molecule has 0 aromatic carbocycles. The van der Waals surface area contributed by atoms with Crippen molar-refractivity contribution in [3.05, 3.63) is 0 Å². The third kappa shape index (κ3) is 5.13. The van der Waals surface area contributed by atoms with Gasteiger partial charge in [-0.05, 0) is 68.1 Å². The number of hydrogen-bond donors (Lipinski definition) is 0. The molecular formula is C19H26F4O4. The van der Waals surface area contributed by atoms with Crippen molar-refractivity contribution in [2.75, 3.05) is 13.2 Å². The molecule has 0 aromatic rings. The van der Waals surface area contributed by atoms with Gasteiger partial charge in [0.1, 0.15) is 0 Å². The molecule has 0 aliphatic heterocycles. The molecule has 4 aliphatic carbocycles. The van der Waals surface area contributed by atoms with Gasteiger partial charge in [0.05, 0.1) is 19.4 Å². The van der Waals surface area contributed by atoms with Crippen LogP contribution in [0.2, 0.25) is 0 Å². The van der Waals surface area contributed by atoms with Gasteiger partial charge in [-0.2, -0.15) is 8.78 Å². The normalized spacial score (nSPS) is 32.0. The molecule has 4 rings (SSSR count). The van der Waals surface area contributed by atoms with Gasteiger partial charge in [0.25, 0.3) is 0 Å². The lowest BCUT2D eigenvalue weighted by molar-refractivity contribution is -0.180. The lowest BCUT2D eigenvalue weighted by atomic mass is 9.49. The van der Waals surface area contributed by atoms with E-state index < -0.39 is 37.3 Å². The quantitative estimate of drug-likeness (QED) is 0.431. The summed E-state index contributed by atoms with van der Waals surface area (Å²) in [5, 5.41) is 0. The molecule has 0 amide bonds. The van der Waals surface area contributed by atoms with Crippen LogP contribution in [0.4, 0.5) is 17.6 Å². The Morgan fingerprint density at radius 2 is 1.41 bits per heavy atom. The summed E-state index contributed by atoms with van der Waals surface area (Å²) in [5.74, 6) is -3.66. The van der Waals surface area contributed by atoms with Crippen LogP contribution in [0.5, 0.6) is 0 Å². The highest BCUT2D eigenvalue weighted by Gasteiger charge is 2.50. The van der Waals surface area contributed by atoms with E-state index in [1.165, 1.54) is 38.5 Å². The van der Waals surface area contributed by atoms with Gasteiger partial charge in [-0.25, -0.2) is 8.78 Å². The van der Waals surface area contributed by atoms with E-state index in [4.69, 9.17) is 4.74 Å². The molecule has 0 N–H and O–H groups in total. The molecule has 4 bridgehead atoms. The van der Waals surface area contributed by atoms with Crippen LogP contribution in [0.25, 0.3) is 0 Å². The highest BCUT2D eigenvalue weighted by atomic mass is 19.3. The summed E-state index contributed by atoms with van der Waals surface area (Å²) in [7, 11) is 0. The van der Waals surface area contributed by atoms with E-state index >= 15 is 0 Å². The molecule has 4 nitrogen and oxygen atoms in total. The van der Waals surface area contributed by atoms with E-state index in [9.17, 15) is 27.2 Å². The maximum Gasteiger partial charge on any atom is 0.340 e. The van der Waals surface area contributed by atoms with Gasteiger partial charge >= 0.3 is 24.3 Å². The van der Waals surface area contributed by atoms with Crippen molar-refractivity contribution < 1.29 is 36.6 Å². The molecule has 8 heteroatoms. The van der Waals surface area contributed by atoms with Crippen molar-refractivity contribution in [2.24, 2.45) is 23.2 Å². The molecule has 0 radical (unpaired) electrons. The molecule has 0 unspecified atom stereocenters. The zero-order chi connectivity index (χ0) is 19.7. The second kappa shape index (κ2) is 7.95. The van der Waals surface area contributed by atoms with E-state index in [2.05, 4.69) is 4.74 Å². The maximum absolute atomic E-state index is 12.7. The summed E-state index contributed by atoms with van der Waals surface area (Å²) in [4.78, 5) is 23.1. The van der Waals surface area contributed by atoms with Crippen LogP contribution in [-0.4, -0.2) is 37.5 Å². The predicted molar refractivity (Wildman–Crippen MR) is 87.3 cm³/mol. The Balaban J connectivity index is 1.32. The standard InChI is InChI=1S/C19H26F4O4/c20-17(21)19(22,23)11-27-16(25)2-1-15(24)26-4-3-18-8-12-5-13(9-18)7-14(6-12)10-18/h12-14,17H,1-11H2. The smallest absolute Gasteiger partial charge is 0.340 e. The fourth-order valence-electron chi connectivity index (χ4n) is 5.57. The van der Waals surface area contributed by atoms with Gasteiger partial charge in [-0.1, -0.05) is 0 Å². The minimum atomic E-state index is -4.38. The van der Waals surface area contributed by atoms with E-state index in [1.54, 1.807) is 0 Å². The molecule has 154 valence electrons. The topological polar surface area (TPSA) is 52.6 Å². The van der Waals surface area contributed by atoms with E-state index in [1.807, 2.05) is 0 Å². The molecular weight excluding hydrogens is 368 g/mol. The average Bonchev–Trinajstić information content (AvgIpc) is 2.56. The second-order valence-corrected chi connectivity index (χ2v) is 8.61. The van der Waals surface area contributed by atoms with Crippen LogP contribution in [0, 0.1) is 23.2 Å². The van der Waals surface area contributed by atoms with E-state index in [-0.39, 0.29) is 11.8 Å². The van der Waals surface area contributed by atoms with Crippen LogP contribution in [0.15, 0.2) is 0 Å². The Morgan fingerprint density at radius 1 is 0.926 bits per heavy atom. The first-order valence-electron chi connectivity index (χ1n) is 9.65. The summed E-state index contributed by atoms with van der Waals surface area (Å²) in [5.41, 5.74) is 0.287. The van der Waals surface area contributed by atoms with Gasteiger partial charge in [-0.15, -0.1) is 0 Å². The summed E-state index contributed by atoms with van der Waals surface area (Å²) >= 11 is 0. The highest BCUT2D eigenvalue weighted by molar-refractivity contribution is 5.77. The Kier molecular flexibility index (Phi) is 6.01. The predicted octanol–water partition coefficient (Wildman–Crippen LogP) is 4.36. The number of esters is 2. The van der Waals surface area contributed by atoms with Crippen LogP contribution >= 0.6 is 0 Å². The summed E-state index contributed by atoms with van der Waals surface area (Å²) in [6.45, 7) is -1.39. The molecule has 0 spiro atoms. The SMILES string of the molecule is O=C(CCC(=O)OCC(F)(F)C(F)F)OCCC12CC3CC(CC(C3)C1)C2. The van der Waals surface area contributed by atoms with Crippen molar-refractivity contribution in [1.82, 2.24) is 0 Å². The first-order chi connectivity index (χ1) is 12.7. The number of carbonyl (C=O) groups is 2. The van der Waals surface area contributed by atoms with Crippen molar-refractivity contribution >= 4 is 11.9 Å². The third-order valence-corrected chi connectivity index (χ3v) is 6.34. The zero-order valence-corrected chi connectivity index (χ0v) is 15.2. The van der Waals surface area contributed by atoms with Gasteiger partial charge in [-0.3, -0.25) is 9.59 Å². The van der Waals surface area contributed by atoms with Crippen LogP contribution in [0.1, 0.15) is 57.8 Å². The zero-order valence-electron chi connectivity index (χ0n) is 15.2. The summed E-state index contributed by atoms with van der Waals surface area (Å²) in [6.07, 6.45) is 3.80. The van der Waals surface area contributed by atoms with Crippen molar-refractivity contribution in [3.63, 3.8) is 0 Å². The molecule has 0 heterocycles. The highest BCUT2D eigenvalue weighted by Crippen LogP contribution is 2.61. The van der Waals surface area contributed by atoms with Gasteiger partial charge in [0, 0.05) is 0 Å². The molecule has 4 fully saturated rings. The van der Waals surface area contributed by atoms with Gasteiger partial charge in [0.15, 0.2) is 6.61 Å². The molecule has 0 aromatic heterocycles. The lowest BCUT2D eigenvalue weighted by Crippen LogP contribution is -2.46. The van der Waals surface area contributed by atoms with Gasteiger partial charge in [0.2, 0.25) is 0 Å². The second-order valence-electron chi connectivity index (χ2n) is 8.61. The van der Waals surface area contributed by atoms with E-state index in [0.717, 1.165) is 24.2 Å². The molecule has 0 saturated heterocycles. The first kappa shape index (κ1) is 20.4. The summed E-state index contributed by atoms with van der Waals surface area (Å²) in [6, 6.07) is 0. The number of rotatable bonds is 9. The molecule has 4 aliphatic rings. The van der Waals surface area contributed by atoms with Crippen molar-refractivity contribution in [2.45, 2.75) is 70.1 Å². The Hall–Kier alpha value is -1.34. The molecule has 0 atom stereocenters. The van der Waals surface area contributed by atoms with Crippen molar-refractivity contribution in [1.29, 1.82) is 0 Å². The van der Waals surface area contributed by atoms with Crippen LogP contribution in [-0.2, 0) is 19.1 Å². The average molecular weight is 394 g/mol. The minimum absolute atomic E-state index is 0.287. The monoisotopic (exact) mass is 394 g/mol. The third-order valence-electron chi connectivity index (χ3n) is 6.34. The lowest BCUT2D eigenvalue weighted by Gasteiger charge is -2.57. The fourth-order valence-corrected chi connectivity index (χ4v) is 5.57. The number of alkyl halides is 4. The largest absolute Gasteiger partial charge is 0.466 e. The fraction of sp³-hybridized carbons (Fsp3) is 0.895. The Labute approximate surface area is 156 Å². The van der Waals surface area contributed by atoms with Crippen LogP contribution < -0.4 is 0 Å². The van der Waals surface area contributed by atoms with Crippen LogP contribution in [0.3, 0.4) is 0 Å². The molecule has 4 saturated carbocycles. The number of carbonyl (C=O) groups excluding carboxylic acids is 2. The summed E-state index contributed by atoms with van der Waals surface area (Å²) < 4.78 is 58.6. The minimum Gasteiger partial charge on any atom is -0.466 e. The van der Waals surface area contributed by atoms with E-state index in [0.29, 0.717) is 6.61 Å². The van der Waals surface area contributed by atoms with Gasteiger partial charge < -0.3 is 9.47 Å². The molecule has 27 heavy (non-hydrogen) atoms. The Morgan fingerprint density at radius 3 is 1.89 bits per heavy atom. The number of ether oxygens (including phenoxy) is 2. The number of halogens is 4. The maximum atomic E-state index is 12.7. The van der Waals surface area contributed by atoms with Crippen molar-refractivity contribution in [3.8, 4) is 0 Å². The Bertz CT molecular complexity index is 529. The number of hydrogen-bond acceptors (Lipinski definition) is 4.